The van der Waals surface area contributed by atoms with Crippen molar-refractivity contribution in [1.82, 2.24) is 15.2 Å². The molecule has 17 heavy (non-hydrogen) atoms. The summed E-state index contributed by atoms with van der Waals surface area (Å²) in [5.74, 6) is -0.477. The van der Waals surface area contributed by atoms with E-state index in [1.165, 1.54) is 19.3 Å². The van der Waals surface area contributed by atoms with E-state index in [1.807, 2.05) is 0 Å². The number of hydrogen-bond acceptors (Lipinski definition) is 4. The topological polar surface area (TPSA) is 87.7 Å². The Morgan fingerprint density at radius 1 is 1.41 bits per heavy atom. The molecule has 0 radical (unpaired) electrons. The first-order chi connectivity index (χ1) is 7.99. The maximum atomic E-state index is 12.9. The highest BCUT2D eigenvalue weighted by atomic mass is 32.2. The summed E-state index contributed by atoms with van der Waals surface area (Å²) in [5.41, 5.74) is 0.317. The molecular weight excluding hydrogens is 247 g/mol. The van der Waals surface area contributed by atoms with Crippen molar-refractivity contribution >= 4 is 16.0 Å². The minimum Gasteiger partial charge on any atom is -0.248 e. The highest BCUT2D eigenvalue weighted by molar-refractivity contribution is 7.92. The van der Waals surface area contributed by atoms with E-state index in [1.54, 1.807) is 0 Å². The molecule has 90 valence electrons. The van der Waals surface area contributed by atoms with Crippen LogP contribution >= 0.6 is 0 Å². The summed E-state index contributed by atoms with van der Waals surface area (Å²) in [6, 6.07) is 3.43. The molecule has 0 saturated heterocycles. The normalized spacial score (nSPS) is 11.4. The van der Waals surface area contributed by atoms with E-state index < -0.39 is 15.8 Å². The molecule has 0 spiro atoms. The highest BCUT2D eigenvalue weighted by Crippen LogP contribution is 2.18. The van der Waals surface area contributed by atoms with Gasteiger partial charge in [0.1, 0.15) is 12.1 Å². The van der Waals surface area contributed by atoms with Gasteiger partial charge in [0.25, 0.3) is 10.0 Å². The quantitative estimate of drug-likeness (QED) is 0.859. The van der Waals surface area contributed by atoms with E-state index in [9.17, 15) is 12.8 Å². The van der Waals surface area contributed by atoms with Crippen LogP contribution in [0, 0.1) is 12.7 Å². The third-order valence-electron chi connectivity index (χ3n) is 2.07. The molecule has 0 aliphatic carbocycles. The minimum absolute atomic E-state index is 0.00435. The molecule has 0 fully saturated rings. The Bertz CT molecular complexity index is 624. The van der Waals surface area contributed by atoms with Gasteiger partial charge in [0.2, 0.25) is 5.95 Å². The predicted molar refractivity (Wildman–Crippen MR) is 58.3 cm³/mol. The van der Waals surface area contributed by atoms with Gasteiger partial charge in [-0.15, -0.1) is 0 Å². The lowest BCUT2D eigenvalue weighted by Gasteiger charge is -2.07. The van der Waals surface area contributed by atoms with Crippen molar-refractivity contribution in [2.75, 3.05) is 4.72 Å². The molecule has 2 N–H and O–H groups in total. The van der Waals surface area contributed by atoms with Crippen molar-refractivity contribution in [1.29, 1.82) is 0 Å². The van der Waals surface area contributed by atoms with Crippen LogP contribution < -0.4 is 4.72 Å². The molecule has 6 nitrogen and oxygen atoms in total. The van der Waals surface area contributed by atoms with Crippen LogP contribution in [-0.4, -0.2) is 23.6 Å². The van der Waals surface area contributed by atoms with Gasteiger partial charge in [-0.25, -0.2) is 22.6 Å². The van der Waals surface area contributed by atoms with Crippen molar-refractivity contribution in [3.05, 3.63) is 35.9 Å². The molecule has 8 heteroatoms. The van der Waals surface area contributed by atoms with E-state index in [4.69, 9.17) is 0 Å². The minimum atomic E-state index is -3.78. The van der Waals surface area contributed by atoms with Crippen molar-refractivity contribution in [3.8, 4) is 0 Å². The van der Waals surface area contributed by atoms with Crippen LogP contribution in [0.5, 0.6) is 0 Å². The summed E-state index contributed by atoms with van der Waals surface area (Å²) in [4.78, 5) is 3.64. The van der Waals surface area contributed by atoms with E-state index in [0.717, 1.165) is 12.1 Å². The summed E-state index contributed by atoms with van der Waals surface area (Å²) in [6.07, 6.45) is 1.18. The lowest BCUT2D eigenvalue weighted by Crippen LogP contribution is -2.15. The van der Waals surface area contributed by atoms with Gasteiger partial charge in [-0.3, -0.25) is 0 Å². The second-order valence-corrected chi connectivity index (χ2v) is 5.00. The van der Waals surface area contributed by atoms with E-state index in [2.05, 4.69) is 19.9 Å². The number of nitrogens with one attached hydrogen (secondary N) is 2. The van der Waals surface area contributed by atoms with E-state index >= 15 is 0 Å². The molecule has 0 unspecified atom stereocenters. The maximum Gasteiger partial charge on any atom is 0.264 e. The molecule has 1 heterocycles. The van der Waals surface area contributed by atoms with E-state index in [0.29, 0.717) is 5.56 Å². The molecule has 0 aliphatic rings. The molecular formula is C9H9FN4O2S. The number of sulfonamides is 1. The Kier molecular flexibility index (Phi) is 2.80. The zero-order chi connectivity index (χ0) is 12.5. The molecule has 0 saturated carbocycles. The molecule has 0 amide bonds. The van der Waals surface area contributed by atoms with Crippen molar-refractivity contribution in [2.24, 2.45) is 0 Å². The molecule has 2 rings (SSSR count). The number of halogens is 1. The van der Waals surface area contributed by atoms with Crippen molar-refractivity contribution in [3.63, 3.8) is 0 Å². The number of nitrogens with zero attached hydrogens (tertiary/aromatic N) is 2. The van der Waals surface area contributed by atoms with Crippen LogP contribution in [0.4, 0.5) is 10.3 Å². The standard InChI is InChI=1S/C9H9FN4O2S/c1-6-4-7(10)2-3-8(6)17(15,16)14-9-11-5-12-13-9/h2-5H,1H3,(H2,11,12,13,14). The molecule has 1 aromatic carbocycles. The predicted octanol–water partition coefficient (Wildman–Crippen LogP) is 1.05. The fourth-order valence-corrected chi connectivity index (χ4v) is 2.54. The van der Waals surface area contributed by atoms with Gasteiger partial charge in [0.05, 0.1) is 4.90 Å². The van der Waals surface area contributed by atoms with Crippen molar-refractivity contribution in [2.45, 2.75) is 11.8 Å². The Hall–Kier alpha value is -1.96. The van der Waals surface area contributed by atoms with Gasteiger partial charge in [0.15, 0.2) is 0 Å². The highest BCUT2D eigenvalue weighted by Gasteiger charge is 2.18. The summed E-state index contributed by atoms with van der Waals surface area (Å²) in [5, 5.41) is 5.88. The van der Waals surface area contributed by atoms with E-state index in [-0.39, 0.29) is 10.8 Å². The average Bonchev–Trinajstić information content (AvgIpc) is 2.68. The number of hydrogen-bond donors (Lipinski definition) is 2. The zero-order valence-electron chi connectivity index (χ0n) is 8.81. The van der Waals surface area contributed by atoms with Gasteiger partial charge < -0.3 is 0 Å². The zero-order valence-corrected chi connectivity index (χ0v) is 9.62. The number of aromatic amines is 1. The monoisotopic (exact) mass is 256 g/mol. The molecule has 1 aromatic heterocycles. The van der Waals surface area contributed by atoms with Gasteiger partial charge in [-0.1, -0.05) is 0 Å². The van der Waals surface area contributed by atoms with Crippen molar-refractivity contribution < 1.29 is 12.8 Å². The first-order valence-electron chi connectivity index (χ1n) is 4.63. The van der Waals surface area contributed by atoms with Gasteiger partial charge in [-0.2, -0.15) is 10.1 Å². The Morgan fingerprint density at radius 3 is 2.76 bits per heavy atom. The number of aromatic nitrogens is 3. The second-order valence-electron chi connectivity index (χ2n) is 3.35. The molecule has 2 aromatic rings. The Morgan fingerprint density at radius 2 is 2.18 bits per heavy atom. The van der Waals surface area contributed by atoms with Crippen LogP contribution in [0.2, 0.25) is 0 Å². The van der Waals surface area contributed by atoms with Crippen LogP contribution in [0.1, 0.15) is 5.56 Å². The summed E-state index contributed by atoms with van der Waals surface area (Å²) >= 11 is 0. The fraction of sp³-hybridized carbons (Fsp3) is 0.111. The first kappa shape index (κ1) is 11.5. The maximum absolute atomic E-state index is 12.9. The third-order valence-corrected chi connectivity index (χ3v) is 3.57. The number of rotatable bonds is 3. The van der Waals surface area contributed by atoms with Crippen LogP contribution in [-0.2, 0) is 10.0 Å². The van der Waals surface area contributed by atoms with Gasteiger partial charge in [0, 0.05) is 0 Å². The molecule has 0 aliphatic heterocycles. The first-order valence-corrected chi connectivity index (χ1v) is 6.12. The number of benzene rings is 1. The summed E-state index contributed by atoms with van der Waals surface area (Å²) in [6.45, 7) is 1.51. The Balaban J connectivity index is 2.38. The van der Waals surface area contributed by atoms with Crippen LogP contribution in [0.15, 0.2) is 29.4 Å². The second kappa shape index (κ2) is 4.13. The summed E-state index contributed by atoms with van der Waals surface area (Å²) < 4.78 is 38.9. The van der Waals surface area contributed by atoms with Gasteiger partial charge in [-0.05, 0) is 30.7 Å². The summed E-state index contributed by atoms with van der Waals surface area (Å²) in [7, 11) is -3.78. The largest absolute Gasteiger partial charge is 0.264 e. The Labute approximate surface area is 96.9 Å². The third kappa shape index (κ3) is 2.41. The number of H-pyrrole nitrogens is 1. The SMILES string of the molecule is Cc1cc(F)ccc1S(=O)(=O)Nc1ncn[nH]1. The number of aryl methyl sites for hydroxylation is 1. The molecule has 0 bridgehead atoms. The lowest BCUT2D eigenvalue weighted by atomic mass is 10.2. The molecule has 0 atom stereocenters. The van der Waals surface area contributed by atoms with Gasteiger partial charge >= 0.3 is 0 Å². The van der Waals surface area contributed by atoms with Crippen LogP contribution in [0.3, 0.4) is 0 Å². The van der Waals surface area contributed by atoms with Crippen LogP contribution in [0.25, 0.3) is 0 Å². The average molecular weight is 256 g/mol. The number of anilines is 1. The lowest BCUT2D eigenvalue weighted by molar-refractivity contribution is 0.598. The smallest absolute Gasteiger partial charge is 0.248 e. The fourth-order valence-electron chi connectivity index (χ4n) is 1.35.